The summed E-state index contributed by atoms with van der Waals surface area (Å²) in [5, 5.41) is -0.0618. The van der Waals surface area contributed by atoms with Gasteiger partial charge in [-0.05, 0) is 25.0 Å². The lowest BCUT2D eigenvalue weighted by molar-refractivity contribution is 0.908. The zero-order valence-electron chi connectivity index (χ0n) is 10.5. The van der Waals surface area contributed by atoms with Gasteiger partial charge < -0.3 is 0 Å². The van der Waals surface area contributed by atoms with E-state index in [2.05, 4.69) is 78.3 Å². The summed E-state index contributed by atoms with van der Waals surface area (Å²) >= 11 is 10.2. The number of halogens is 2. The predicted octanol–water partition coefficient (Wildman–Crippen LogP) is 5.72. The summed E-state index contributed by atoms with van der Waals surface area (Å²) in [6.45, 7) is 4.17. The van der Waals surface area contributed by atoms with Gasteiger partial charge in [-0.25, -0.2) is 0 Å². The van der Waals surface area contributed by atoms with Crippen molar-refractivity contribution >= 4 is 27.5 Å². The maximum Gasteiger partial charge on any atom is 0.0751 e. The first-order valence-electron chi connectivity index (χ1n) is 5.99. The van der Waals surface area contributed by atoms with Crippen LogP contribution in [-0.2, 0) is 0 Å². The summed E-state index contributed by atoms with van der Waals surface area (Å²) in [6, 6.07) is 16.9. The van der Waals surface area contributed by atoms with Crippen molar-refractivity contribution in [2.75, 3.05) is 0 Å². The third-order valence-corrected chi connectivity index (χ3v) is 4.91. The predicted molar refractivity (Wildman–Crippen MR) is 82.6 cm³/mol. The highest BCUT2D eigenvalue weighted by atomic mass is 79.9. The Hall–Kier alpha value is -0.790. The maximum atomic E-state index is 6.54. The van der Waals surface area contributed by atoms with Crippen molar-refractivity contribution in [3.8, 4) is 0 Å². The number of rotatable bonds is 3. The van der Waals surface area contributed by atoms with Gasteiger partial charge >= 0.3 is 0 Å². The molecule has 0 amide bonds. The third-order valence-electron chi connectivity index (χ3n) is 3.05. The lowest BCUT2D eigenvalue weighted by atomic mass is 10.0. The second-order valence-electron chi connectivity index (χ2n) is 4.62. The van der Waals surface area contributed by atoms with Gasteiger partial charge in [0.1, 0.15) is 0 Å². The minimum Gasteiger partial charge on any atom is -0.116 e. The van der Waals surface area contributed by atoms with E-state index in [1.54, 1.807) is 0 Å². The maximum absolute atomic E-state index is 6.54. The van der Waals surface area contributed by atoms with Crippen LogP contribution in [0.2, 0.25) is 0 Å². The molecule has 2 atom stereocenters. The molecule has 0 heterocycles. The van der Waals surface area contributed by atoms with E-state index in [9.17, 15) is 0 Å². The van der Waals surface area contributed by atoms with Gasteiger partial charge in [0.15, 0.2) is 0 Å². The number of benzene rings is 2. The number of alkyl halides is 2. The van der Waals surface area contributed by atoms with Crippen LogP contribution < -0.4 is 0 Å². The molecule has 0 saturated carbocycles. The van der Waals surface area contributed by atoms with Gasteiger partial charge in [-0.3, -0.25) is 0 Å². The van der Waals surface area contributed by atoms with Gasteiger partial charge in [0.25, 0.3) is 0 Å². The molecule has 0 aromatic heterocycles. The molecule has 18 heavy (non-hydrogen) atoms. The monoisotopic (exact) mass is 322 g/mol. The van der Waals surface area contributed by atoms with Crippen LogP contribution in [0.15, 0.2) is 48.5 Å². The smallest absolute Gasteiger partial charge is 0.0751 e. The molecule has 0 nitrogen and oxygen atoms in total. The van der Waals surface area contributed by atoms with Gasteiger partial charge in [-0.1, -0.05) is 75.6 Å². The Morgan fingerprint density at radius 2 is 1.17 bits per heavy atom. The van der Waals surface area contributed by atoms with E-state index in [-0.39, 0.29) is 10.2 Å². The molecule has 0 radical (unpaired) electrons. The van der Waals surface area contributed by atoms with Gasteiger partial charge in [0, 0.05) is 0 Å². The van der Waals surface area contributed by atoms with E-state index in [0.717, 1.165) is 5.56 Å². The molecule has 0 spiro atoms. The summed E-state index contributed by atoms with van der Waals surface area (Å²) in [4.78, 5) is 0.127. The van der Waals surface area contributed by atoms with E-state index in [1.165, 1.54) is 16.7 Å². The van der Waals surface area contributed by atoms with E-state index < -0.39 is 0 Å². The molecule has 2 aromatic rings. The Morgan fingerprint density at radius 1 is 0.778 bits per heavy atom. The SMILES string of the molecule is Cc1ccc([C@H](Cl)[C@@H](Br)c2ccc(C)cc2)cc1. The van der Waals surface area contributed by atoms with Crippen LogP contribution in [-0.4, -0.2) is 0 Å². The minimum atomic E-state index is -0.0618. The lowest BCUT2D eigenvalue weighted by Crippen LogP contribution is -1.99. The van der Waals surface area contributed by atoms with E-state index in [1.807, 2.05) is 0 Å². The Kier molecular flexibility index (Phi) is 4.47. The first kappa shape index (κ1) is 13.6. The summed E-state index contributed by atoms with van der Waals surface area (Å²) in [7, 11) is 0. The highest BCUT2D eigenvalue weighted by Crippen LogP contribution is 2.40. The van der Waals surface area contributed by atoms with Gasteiger partial charge in [0.05, 0.1) is 10.2 Å². The van der Waals surface area contributed by atoms with Crippen LogP contribution in [0.25, 0.3) is 0 Å². The summed E-state index contributed by atoms with van der Waals surface area (Å²) in [6.07, 6.45) is 0. The van der Waals surface area contributed by atoms with E-state index in [0.29, 0.717) is 0 Å². The molecule has 0 aliphatic rings. The molecule has 2 rings (SSSR count). The van der Waals surface area contributed by atoms with E-state index in [4.69, 9.17) is 11.6 Å². The lowest BCUT2D eigenvalue weighted by Gasteiger charge is -2.17. The standard InChI is InChI=1S/C16H16BrCl/c1-11-3-7-13(8-4-11)15(17)16(18)14-9-5-12(2)6-10-14/h3-10,15-16H,1-2H3/t15-,16-/m0/s1. The molecule has 0 aliphatic carbocycles. The Bertz CT molecular complexity index is 452. The van der Waals surface area contributed by atoms with Crippen molar-refractivity contribution < 1.29 is 0 Å². The summed E-state index contributed by atoms with van der Waals surface area (Å²) < 4.78 is 0. The molecule has 2 heteroatoms. The van der Waals surface area contributed by atoms with Crippen molar-refractivity contribution in [2.24, 2.45) is 0 Å². The molecule has 2 aromatic carbocycles. The highest BCUT2D eigenvalue weighted by molar-refractivity contribution is 9.09. The largest absolute Gasteiger partial charge is 0.116 e. The quantitative estimate of drug-likeness (QED) is 0.634. The second kappa shape index (κ2) is 5.90. The summed E-state index contributed by atoms with van der Waals surface area (Å²) in [5.74, 6) is 0. The van der Waals surface area contributed by atoms with E-state index >= 15 is 0 Å². The fourth-order valence-electron chi connectivity index (χ4n) is 1.84. The topological polar surface area (TPSA) is 0 Å². The molecular formula is C16H16BrCl. The summed E-state index contributed by atoms with van der Waals surface area (Å²) in [5.41, 5.74) is 4.87. The zero-order chi connectivity index (χ0) is 13.1. The van der Waals surface area contributed by atoms with Crippen LogP contribution in [0.5, 0.6) is 0 Å². The van der Waals surface area contributed by atoms with Gasteiger partial charge in [-0.2, -0.15) is 0 Å². The first-order valence-corrected chi connectivity index (χ1v) is 7.34. The number of hydrogen-bond acceptors (Lipinski definition) is 0. The van der Waals surface area contributed by atoms with Crippen molar-refractivity contribution in [2.45, 2.75) is 24.1 Å². The zero-order valence-corrected chi connectivity index (χ0v) is 12.9. The molecule has 0 unspecified atom stereocenters. The normalized spacial score (nSPS) is 14.2. The van der Waals surface area contributed by atoms with Crippen molar-refractivity contribution in [1.29, 1.82) is 0 Å². The first-order chi connectivity index (χ1) is 8.58. The molecule has 94 valence electrons. The van der Waals surface area contributed by atoms with Crippen LogP contribution in [0.3, 0.4) is 0 Å². The van der Waals surface area contributed by atoms with Crippen LogP contribution in [0.1, 0.15) is 32.5 Å². The number of hydrogen-bond donors (Lipinski definition) is 0. The molecule has 0 fully saturated rings. The number of aryl methyl sites for hydroxylation is 2. The average molecular weight is 324 g/mol. The van der Waals surface area contributed by atoms with Gasteiger partial charge in [0.2, 0.25) is 0 Å². The second-order valence-corrected chi connectivity index (χ2v) is 6.08. The molecule has 0 N–H and O–H groups in total. The average Bonchev–Trinajstić information content (AvgIpc) is 2.39. The Labute approximate surface area is 122 Å². The molecule has 0 aliphatic heterocycles. The fourth-order valence-corrected chi connectivity index (χ4v) is 2.74. The van der Waals surface area contributed by atoms with Crippen LogP contribution >= 0.6 is 27.5 Å². The van der Waals surface area contributed by atoms with Crippen LogP contribution in [0, 0.1) is 13.8 Å². The third kappa shape index (κ3) is 3.15. The Morgan fingerprint density at radius 3 is 1.61 bits per heavy atom. The molecule has 0 saturated heterocycles. The van der Waals surface area contributed by atoms with Crippen LogP contribution in [0.4, 0.5) is 0 Å². The van der Waals surface area contributed by atoms with Gasteiger partial charge in [-0.15, -0.1) is 11.6 Å². The molecular weight excluding hydrogens is 308 g/mol. The Balaban J connectivity index is 2.20. The molecule has 0 bridgehead atoms. The minimum absolute atomic E-state index is 0.0618. The van der Waals surface area contributed by atoms with Crippen molar-refractivity contribution in [3.63, 3.8) is 0 Å². The van der Waals surface area contributed by atoms with Crippen molar-refractivity contribution in [3.05, 3.63) is 70.8 Å². The highest BCUT2D eigenvalue weighted by Gasteiger charge is 2.19. The van der Waals surface area contributed by atoms with Crippen molar-refractivity contribution in [1.82, 2.24) is 0 Å². The fraction of sp³-hybridized carbons (Fsp3) is 0.250.